The number of nitrogens with one attached hydrogen (secondary N) is 1. The van der Waals surface area contributed by atoms with Gasteiger partial charge in [-0.1, -0.05) is 50.6 Å². The molecule has 2 aromatic rings. The van der Waals surface area contributed by atoms with Gasteiger partial charge in [-0.05, 0) is 35.2 Å². The number of nitrogens with zero attached hydrogens (tertiary/aromatic N) is 1. The molecule has 0 radical (unpaired) electrons. The third-order valence-corrected chi connectivity index (χ3v) is 4.98. The van der Waals surface area contributed by atoms with Crippen molar-refractivity contribution < 1.29 is 14.0 Å². The molecule has 27 heavy (non-hydrogen) atoms. The van der Waals surface area contributed by atoms with Gasteiger partial charge < -0.3 is 10.2 Å². The van der Waals surface area contributed by atoms with Crippen LogP contribution in [-0.4, -0.2) is 18.4 Å². The van der Waals surface area contributed by atoms with Crippen LogP contribution in [0.1, 0.15) is 32.8 Å². The zero-order valence-corrected chi connectivity index (χ0v) is 16.3. The summed E-state index contributed by atoms with van der Waals surface area (Å²) in [6.07, 6.45) is 0.138. The van der Waals surface area contributed by atoms with Gasteiger partial charge in [0.2, 0.25) is 11.8 Å². The zero-order valence-electron chi connectivity index (χ0n) is 15.6. The van der Waals surface area contributed by atoms with Crippen molar-refractivity contribution >= 4 is 34.8 Å². The third-order valence-electron chi connectivity index (χ3n) is 4.69. The Morgan fingerprint density at radius 3 is 2.59 bits per heavy atom. The van der Waals surface area contributed by atoms with Gasteiger partial charge in [0.25, 0.3) is 0 Å². The second kappa shape index (κ2) is 7.31. The molecule has 0 saturated carbocycles. The van der Waals surface area contributed by atoms with E-state index in [-0.39, 0.29) is 28.7 Å². The van der Waals surface area contributed by atoms with E-state index in [1.54, 1.807) is 4.90 Å². The Morgan fingerprint density at radius 2 is 1.93 bits per heavy atom. The molecule has 3 rings (SSSR count). The molecule has 0 aliphatic carbocycles. The summed E-state index contributed by atoms with van der Waals surface area (Å²) < 4.78 is 13.3. The first kappa shape index (κ1) is 19.4. The van der Waals surface area contributed by atoms with Crippen LogP contribution in [0.5, 0.6) is 0 Å². The summed E-state index contributed by atoms with van der Waals surface area (Å²) in [4.78, 5) is 26.9. The maximum Gasteiger partial charge on any atom is 0.229 e. The van der Waals surface area contributed by atoms with Gasteiger partial charge >= 0.3 is 0 Å². The molecule has 1 N–H and O–H groups in total. The molecule has 1 aliphatic rings. The molecule has 0 bridgehead atoms. The second-order valence-electron chi connectivity index (χ2n) is 7.79. The van der Waals surface area contributed by atoms with Crippen molar-refractivity contribution in [2.75, 3.05) is 16.8 Å². The van der Waals surface area contributed by atoms with E-state index in [1.165, 1.54) is 18.2 Å². The second-order valence-corrected chi connectivity index (χ2v) is 8.20. The van der Waals surface area contributed by atoms with Gasteiger partial charge in [0.05, 0.1) is 10.9 Å². The monoisotopic (exact) mass is 388 g/mol. The highest BCUT2D eigenvalue weighted by atomic mass is 35.5. The Morgan fingerprint density at radius 1 is 1.22 bits per heavy atom. The van der Waals surface area contributed by atoms with Gasteiger partial charge in [-0.25, -0.2) is 4.39 Å². The predicted octanol–water partition coefficient (Wildman–Crippen LogP) is 4.77. The van der Waals surface area contributed by atoms with E-state index >= 15 is 0 Å². The van der Waals surface area contributed by atoms with E-state index in [2.05, 4.69) is 26.1 Å². The normalized spacial score (nSPS) is 17.3. The quantitative estimate of drug-likeness (QED) is 0.823. The average Bonchev–Trinajstić information content (AvgIpc) is 2.99. The topological polar surface area (TPSA) is 49.4 Å². The molecule has 1 atom stereocenters. The minimum atomic E-state index is -0.546. The van der Waals surface area contributed by atoms with Gasteiger partial charge in [-0.3, -0.25) is 9.59 Å². The summed E-state index contributed by atoms with van der Waals surface area (Å²) in [6, 6.07) is 11.8. The molecule has 1 aliphatic heterocycles. The number of anilines is 2. The van der Waals surface area contributed by atoms with Gasteiger partial charge in [-0.2, -0.15) is 0 Å². The Bertz CT molecular complexity index is 892. The molecule has 4 nitrogen and oxygen atoms in total. The molecule has 0 aromatic heterocycles. The van der Waals surface area contributed by atoms with E-state index in [9.17, 15) is 14.0 Å². The summed E-state index contributed by atoms with van der Waals surface area (Å²) >= 11 is 5.75. The number of para-hydroxylation sites is 1. The van der Waals surface area contributed by atoms with Crippen molar-refractivity contribution in [3.63, 3.8) is 0 Å². The summed E-state index contributed by atoms with van der Waals surface area (Å²) in [6.45, 7) is 6.59. The van der Waals surface area contributed by atoms with E-state index in [0.717, 1.165) is 11.3 Å². The van der Waals surface area contributed by atoms with Crippen LogP contribution in [0, 0.1) is 11.7 Å². The predicted molar refractivity (Wildman–Crippen MR) is 106 cm³/mol. The lowest BCUT2D eigenvalue weighted by Crippen LogP contribution is -2.30. The fraction of sp³-hybridized carbons (Fsp3) is 0.333. The number of rotatable bonds is 3. The third kappa shape index (κ3) is 4.14. The van der Waals surface area contributed by atoms with Gasteiger partial charge in [0.15, 0.2) is 0 Å². The molecule has 2 aromatic carbocycles. The van der Waals surface area contributed by atoms with Crippen LogP contribution in [0.4, 0.5) is 15.8 Å². The van der Waals surface area contributed by atoms with Gasteiger partial charge in [-0.15, -0.1) is 0 Å². The van der Waals surface area contributed by atoms with Crippen molar-refractivity contribution in [1.29, 1.82) is 0 Å². The minimum Gasteiger partial charge on any atom is -0.326 e. The number of hydrogen-bond acceptors (Lipinski definition) is 2. The molecule has 1 heterocycles. The lowest BCUT2D eigenvalue weighted by atomic mass is 9.85. The van der Waals surface area contributed by atoms with Crippen LogP contribution in [0.15, 0.2) is 42.5 Å². The smallest absolute Gasteiger partial charge is 0.229 e. The molecular weight excluding hydrogens is 367 g/mol. The maximum absolute atomic E-state index is 13.3. The summed E-state index contributed by atoms with van der Waals surface area (Å²) in [5, 5.41) is 2.66. The lowest BCUT2D eigenvalue weighted by Gasteiger charge is -2.27. The van der Waals surface area contributed by atoms with Gasteiger partial charge in [0, 0.05) is 24.3 Å². The molecular formula is C21H22ClFN2O2. The van der Waals surface area contributed by atoms with Crippen molar-refractivity contribution in [2.45, 2.75) is 32.6 Å². The van der Waals surface area contributed by atoms with E-state index in [4.69, 9.17) is 11.6 Å². The molecule has 2 amide bonds. The molecule has 1 fully saturated rings. The fourth-order valence-corrected chi connectivity index (χ4v) is 3.46. The van der Waals surface area contributed by atoms with Crippen molar-refractivity contribution in [2.24, 2.45) is 5.92 Å². The standard InChI is InChI=1S/C21H22ClFN2O2/c1-21(2,3)15-6-4-5-7-18(15)25-12-13(10-19(25)26)20(27)24-14-8-9-17(23)16(22)11-14/h4-9,11,13H,10,12H2,1-3H3,(H,24,27). The first-order valence-corrected chi connectivity index (χ1v) is 9.20. The zero-order chi connectivity index (χ0) is 19.8. The largest absolute Gasteiger partial charge is 0.326 e. The number of hydrogen-bond donors (Lipinski definition) is 1. The average molecular weight is 389 g/mol. The highest BCUT2D eigenvalue weighted by Crippen LogP contribution is 2.35. The highest BCUT2D eigenvalue weighted by Gasteiger charge is 2.37. The Labute approximate surface area is 163 Å². The first-order valence-electron chi connectivity index (χ1n) is 8.82. The summed E-state index contributed by atoms with van der Waals surface area (Å²) in [7, 11) is 0. The van der Waals surface area contributed by atoms with Crippen LogP contribution in [0.25, 0.3) is 0 Å². The first-order chi connectivity index (χ1) is 12.7. The molecule has 0 spiro atoms. The van der Waals surface area contributed by atoms with Crippen molar-refractivity contribution in [3.05, 3.63) is 58.9 Å². The number of halogens is 2. The lowest BCUT2D eigenvalue weighted by molar-refractivity contribution is -0.122. The Balaban J connectivity index is 1.78. The Hall–Kier alpha value is -2.40. The molecule has 142 valence electrons. The molecule has 1 unspecified atom stereocenters. The summed E-state index contributed by atoms with van der Waals surface area (Å²) in [5.41, 5.74) is 2.19. The van der Waals surface area contributed by atoms with Crippen molar-refractivity contribution in [3.8, 4) is 0 Å². The van der Waals surface area contributed by atoms with Crippen LogP contribution in [0.2, 0.25) is 5.02 Å². The van der Waals surface area contributed by atoms with Crippen LogP contribution in [0.3, 0.4) is 0 Å². The highest BCUT2D eigenvalue weighted by molar-refractivity contribution is 6.31. The molecule has 1 saturated heterocycles. The number of amides is 2. The van der Waals surface area contributed by atoms with Gasteiger partial charge in [0.1, 0.15) is 5.82 Å². The van der Waals surface area contributed by atoms with E-state index < -0.39 is 11.7 Å². The van der Waals surface area contributed by atoms with E-state index in [1.807, 2.05) is 24.3 Å². The number of carbonyl (C=O) groups is 2. The fourth-order valence-electron chi connectivity index (χ4n) is 3.28. The molecule has 6 heteroatoms. The van der Waals surface area contributed by atoms with Crippen LogP contribution in [-0.2, 0) is 15.0 Å². The number of carbonyl (C=O) groups excluding carboxylic acids is 2. The van der Waals surface area contributed by atoms with Crippen molar-refractivity contribution in [1.82, 2.24) is 0 Å². The Kier molecular flexibility index (Phi) is 5.24. The minimum absolute atomic E-state index is 0.0592. The summed E-state index contributed by atoms with van der Waals surface area (Å²) in [5.74, 6) is -1.38. The van der Waals surface area contributed by atoms with Crippen LogP contribution < -0.4 is 10.2 Å². The van der Waals surface area contributed by atoms with E-state index in [0.29, 0.717) is 12.2 Å². The number of benzene rings is 2. The SMILES string of the molecule is CC(C)(C)c1ccccc1N1CC(C(=O)Nc2ccc(F)c(Cl)c2)CC1=O. The maximum atomic E-state index is 13.3. The van der Waals surface area contributed by atoms with Crippen LogP contribution >= 0.6 is 11.6 Å².